The number of carbonyl (C=O) groups is 1. The molecule has 0 fully saturated rings. The molecule has 0 aliphatic carbocycles. The zero-order valence-corrected chi connectivity index (χ0v) is 12.5. The van der Waals surface area contributed by atoms with Crippen LogP contribution in [0.4, 0.5) is 11.4 Å². The van der Waals surface area contributed by atoms with E-state index in [2.05, 4.69) is 23.2 Å². The fourth-order valence-corrected chi connectivity index (χ4v) is 2.78. The Labute approximate surface area is 121 Å². The molecule has 0 saturated carbocycles. The molecule has 4 nitrogen and oxygen atoms in total. The van der Waals surface area contributed by atoms with E-state index in [1.807, 2.05) is 19.1 Å². The average molecular weight is 275 g/mol. The SMILES string of the molecule is CCCCCNC(=O)C(C)N1CCc2cccc(N)c21. The van der Waals surface area contributed by atoms with Crippen molar-refractivity contribution in [1.82, 2.24) is 5.32 Å². The second-order valence-corrected chi connectivity index (χ2v) is 5.47. The lowest BCUT2D eigenvalue weighted by molar-refractivity contribution is -0.122. The fourth-order valence-electron chi connectivity index (χ4n) is 2.78. The number of nitrogens with one attached hydrogen (secondary N) is 1. The van der Waals surface area contributed by atoms with E-state index in [-0.39, 0.29) is 11.9 Å². The molecule has 1 atom stereocenters. The maximum absolute atomic E-state index is 12.2. The van der Waals surface area contributed by atoms with Gasteiger partial charge in [-0.3, -0.25) is 4.79 Å². The number of amides is 1. The molecule has 0 radical (unpaired) electrons. The van der Waals surface area contributed by atoms with Gasteiger partial charge in [-0.1, -0.05) is 31.9 Å². The Kier molecular flexibility index (Phi) is 4.88. The second-order valence-electron chi connectivity index (χ2n) is 5.47. The number of rotatable bonds is 6. The minimum atomic E-state index is -0.164. The molecule has 3 N–H and O–H groups in total. The molecule has 1 aromatic carbocycles. The molecule has 1 aromatic rings. The molecule has 0 aromatic heterocycles. The van der Waals surface area contributed by atoms with E-state index in [0.29, 0.717) is 0 Å². The summed E-state index contributed by atoms with van der Waals surface area (Å²) >= 11 is 0. The lowest BCUT2D eigenvalue weighted by Crippen LogP contribution is -2.45. The van der Waals surface area contributed by atoms with E-state index in [9.17, 15) is 4.79 Å². The van der Waals surface area contributed by atoms with Gasteiger partial charge in [-0.05, 0) is 31.4 Å². The molecule has 2 rings (SSSR count). The lowest BCUT2D eigenvalue weighted by Gasteiger charge is -2.27. The summed E-state index contributed by atoms with van der Waals surface area (Å²) in [4.78, 5) is 14.3. The summed E-state index contributed by atoms with van der Waals surface area (Å²) in [5.41, 5.74) is 9.13. The first-order valence-electron chi connectivity index (χ1n) is 7.57. The van der Waals surface area contributed by atoms with Crippen molar-refractivity contribution < 1.29 is 4.79 Å². The molecule has 0 bridgehead atoms. The number of hydrogen-bond donors (Lipinski definition) is 2. The number of anilines is 2. The Balaban J connectivity index is 1.98. The van der Waals surface area contributed by atoms with Gasteiger partial charge in [0.2, 0.25) is 5.91 Å². The highest BCUT2D eigenvalue weighted by Crippen LogP contribution is 2.34. The second kappa shape index (κ2) is 6.64. The van der Waals surface area contributed by atoms with E-state index >= 15 is 0 Å². The zero-order chi connectivity index (χ0) is 14.5. The summed E-state index contributed by atoms with van der Waals surface area (Å²) in [5.74, 6) is 0.0946. The minimum absolute atomic E-state index is 0.0946. The van der Waals surface area contributed by atoms with Gasteiger partial charge in [-0.25, -0.2) is 0 Å². The smallest absolute Gasteiger partial charge is 0.242 e. The van der Waals surface area contributed by atoms with Crippen molar-refractivity contribution in [3.8, 4) is 0 Å². The van der Waals surface area contributed by atoms with Gasteiger partial charge in [0.15, 0.2) is 0 Å². The van der Waals surface area contributed by atoms with Crippen molar-refractivity contribution in [3.05, 3.63) is 23.8 Å². The normalized spacial score (nSPS) is 15.0. The number of para-hydroxylation sites is 1. The summed E-state index contributed by atoms with van der Waals surface area (Å²) in [7, 11) is 0. The van der Waals surface area contributed by atoms with Crippen LogP contribution in [0, 0.1) is 0 Å². The van der Waals surface area contributed by atoms with Crippen LogP contribution in [0.3, 0.4) is 0 Å². The Morgan fingerprint density at radius 2 is 2.25 bits per heavy atom. The van der Waals surface area contributed by atoms with E-state index in [0.717, 1.165) is 43.7 Å². The van der Waals surface area contributed by atoms with Gasteiger partial charge >= 0.3 is 0 Å². The van der Waals surface area contributed by atoms with Crippen LogP contribution in [-0.2, 0) is 11.2 Å². The number of nitrogens with zero attached hydrogens (tertiary/aromatic N) is 1. The van der Waals surface area contributed by atoms with E-state index in [4.69, 9.17) is 5.73 Å². The number of unbranched alkanes of at least 4 members (excludes halogenated alkanes) is 2. The topological polar surface area (TPSA) is 58.4 Å². The molecule has 20 heavy (non-hydrogen) atoms. The Hall–Kier alpha value is -1.71. The standard InChI is InChI=1S/C16H25N3O/c1-3-4-5-10-18-16(20)12(2)19-11-9-13-7-6-8-14(17)15(13)19/h6-8,12H,3-5,9-11,17H2,1-2H3,(H,18,20). The van der Waals surface area contributed by atoms with Crippen molar-refractivity contribution in [2.75, 3.05) is 23.7 Å². The fraction of sp³-hybridized carbons (Fsp3) is 0.562. The third-order valence-electron chi connectivity index (χ3n) is 3.99. The molecule has 1 heterocycles. The van der Waals surface area contributed by atoms with Crippen LogP contribution in [0.15, 0.2) is 18.2 Å². The van der Waals surface area contributed by atoms with Crippen LogP contribution >= 0.6 is 0 Å². The molecule has 0 saturated heterocycles. The Morgan fingerprint density at radius 1 is 1.45 bits per heavy atom. The first-order valence-corrected chi connectivity index (χ1v) is 7.57. The maximum Gasteiger partial charge on any atom is 0.242 e. The number of fused-ring (bicyclic) bond motifs is 1. The number of hydrogen-bond acceptors (Lipinski definition) is 3. The van der Waals surface area contributed by atoms with Gasteiger partial charge in [0, 0.05) is 13.1 Å². The highest BCUT2D eigenvalue weighted by atomic mass is 16.2. The van der Waals surface area contributed by atoms with Crippen LogP contribution in [0.25, 0.3) is 0 Å². The minimum Gasteiger partial charge on any atom is -0.397 e. The Bertz CT molecular complexity index is 473. The number of nitrogens with two attached hydrogens (primary N) is 1. The van der Waals surface area contributed by atoms with Crippen molar-refractivity contribution in [2.45, 2.75) is 45.6 Å². The van der Waals surface area contributed by atoms with Gasteiger partial charge < -0.3 is 16.0 Å². The quantitative estimate of drug-likeness (QED) is 0.619. The number of nitrogen functional groups attached to an aromatic ring is 1. The van der Waals surface area contributed by atoms with Crippen molar-refractivity contribution in [2.24, 2.45) is 0 Å². The molecule has 1 amide bonds. The summed E-state index contributed by atoms with van der Waals surface area (Å²) in [6.45, 7) is 5.75. The van der Waals surface area contributed by atoms with Crippen molar-refractivity contribution in [3.63, 3.8) is 0 Å². The summed E-state index contributed by atoms with van der Waals surface area (Å²) in [5, 5.41) is 3.02. The predicted octanol–water partition coefficient (Wildman–Crippen LogP) is 2.33. The predicted molar refractivity (Wildman–Crippen MR) is 83.9 cm³/mol. The van der Waals surface area contributed by atoms with Crippen LogP contribution < -0.4 is 16.0 Å². The molecule has 110 valence electrons. The monoisotopic (exact) mass is 275 g/mol. The lowest BCUT2D eigenvalue weighted by atomic mass is 10.1. The molecule has 0 spiro atoms. The van der Waals surface area contributed by atoms with Crippen molar-refractivity contribution in [1.29, 1.82) is 0 Å². The van der Waals surface area contributed by atoms with Crippen LogP contribution in [0.1, 0.15) is 38.7 Å². The first-order chi connectivity index (χ1) is 9.65. The third-order valence-corrected chi connectivity index (χ3v) is 3.99. The van der Waals surface area contributed by atoms with Crippen LogP contribution in [-0.4, -0.2) is 25.0 Å². The van der Waals surface area contributed by atoms with Gasteiger partial charge in [0.25, 0.3) is 0 Å². The number of carbonyl (C=O) groups excluding carboxylic acids is 1. The Morgan fingerprint density at radius 3 is 3.00 bits per heavy atom. The van der Waals surface area contributed by atoms with Gasteiger partial charge in [0.1, 0.15) is 6.04 Å². The summed E-state index contributed by atoms with van der Waals surface area (Å²) < 4.78 is 0. The highest BCUT2D eigenvalue weighted by Gasteiger charge is 2.28. The van der Waals surface area contributed by atoms with E-state index in [1.165, 1.54) is 12.0 Å². The largest absolute Gasteiger partial charge is 0.397 e. The molecular formula is C16H25N3O. The zero-order valence-electron chi connectivity index (χ0n) is 12.5. The van der Waals surface area contributed by atoms with Crippen LogP contribution in [0.2, 0.25) is 0 Å². The molecule has 1 aliphatic heterocycles. The van der Waals surface area contributed by atoms with E-state index in [1.54, 1.807) is 0 Å². The molecule has 1 aliphatic rings. The number of benzene rings is 1. The van der Waals surface area contributed by atoms with E-state index < -0.39 is 0 Å². The first kappa shape index (κ1) is 14.7. The average Bonchev–Trinajstić information content (AvgIpc) is 2.88. The van der Waals surface area contributed by atoms with Crippen LogP contribution in [0.5, 0.6) is 0 Å². The molecule has 4 heteroatoms. The summed E-state index contributed by atoms with van der Waals surface area (Å²) in [6, 6.07) is 5.82. The highest BCUT2D eigenvalue weighted by molar-refractivity contribution is 5.87. The third kappa shape index (κ3) is 3.06. The molecule has 1 unspecified atom stereocenters. The van der Waals surface area contributed by atoms with Gasteiger partial charge in [-0.2, -0.15) is 0 Å². The van der Waals surface area contributed by atoms with Gasteiger partial charge in [-0.15, -0.1) is 0 Å². The summed E-state index contributed by atoms with van der Waals surface area (Å²) in [6.07, 6.45) is 4.34. The van der Waals surface area contributed by atoms with Gasteiger partial charge in [0.05, 0.1) is 11.4 Å². The maximum atomic E-state index is 12.2. The molecular weight excluding hydrogens is 250 g/mol. The van der Waals surface area contributed by atoms with Crippen molar-refractivity contribution >= 4 is 17.3 Å².